The monoisotopic (exact) mass is 267 g/mol. The second kappa shape index (κ2) is 5.17. The van der Waals surface area contributed by atoms with Crippen LogP contribution in [0.2, 0.25) is 10.0 Å². The highest BCUT2D eigenvalue weighted by molar-refractivity contribution is 6.32. The summed E-state index contributed by atoms with van der Waals surface area (Å²) in [6.45, 7) is 0. The van der Waals surface area contributed by atoms with Crippen molar-refractivity contribution in [3.05, 3.63) is 52.3 Å². The first-order chi connectivity index (χ1) is 8.19. The fourth-order valence-corrected chi connectivity index (χ4v) is 1.64. The van der Waals surface area contributed by atoms with Crippen molar-refractivity contribution in [2.24, 2.45) is 0 Å². The number of rotatable bonds is 3. The molecule has 0 atom stereocenters. The van der Waals surface area contributed by atoms with Gasteiger partial charge >= 0.3 is 0 Å². The summed E-state index contributed by atoms with van der Waals surface area (Å²) in [4.78, 5) is 14.4. The third-order valence-electron chi connectivity index (χ3n) is 2.00. The van der Waals surface area contributed by atoms with Gasteiger partial charge < -0.3 is 4.74 Å². The summed E-state index contributed by atoms with van der Waals surface area (Å²) in [6, 6.07) is 6.39. The number of aldehydes is 1. The molecular weight excluding hydrogens is 261 g/mol. The highest BCUT2D eigenvalue weighted by Crippen LogP contribution is 2.30. The first-order valence-electron chi connectivity index (χ1n) is 4.72. The van der Waals surface area contributed by atoms with Gasteiger partial charge in [0.2, 0.25) is 0 Å². The lowest BCUT2D eigenvalue weighted by molar-refractivity contribution is 0.112. The fraction of sp³-hybridized carbons (Fsp3) is 0. The summed E-state index contributed by atoms with van der Waals surface area (Å²) in [6.07, 6.45) is 3.75. The highest BCUT2D eigenvalue weighted by atomic mass is 35.5. The predicted octanol–water partition coefficient (Wildman–Crippen LogP) is 3.99. The predicted molar refractivity (Wildman–Crippen MR) is 66.2 cm³/mol. The second-order valence-electron chi connectivity index (χ2n) is 3.25. The van der Waals surface area contributed by atoms with Crippen molar-refractivity contribution in [2.45, 2.75) is 0 Å². The molecule has 2 rings (SSSR count). The summed E-state index contributed by atoms with van der Waals surface area (Å²) in [5, 5.41) is 0.831. The minimum Gasteiger partial charge on any atom is -0.454 e. The van der Waals surface area contributed by atoms with E-state index in [1.54, 1.807) is 18.2 Å². The first kappa shape index (κ1) is 11.9. The standard InChI is InChI=1S/C12H7Cl2NO2/c13-9-4-10(6-15-5-9)17-12-2-1-8(7-16)3-11(12)14/h1-7H. The van der Waals surface area contributed by atoms with Crippen LogP contribution in [0.15, 0.2) is 36.7 Å². The van der Waals surface area contributed by atoms with Gasteiger partial charge in [0.05, 0.1) is 16.2 Å². The van der Waals surface area contributed by atoms with Crippen LogP contribution in [0.25, 0.3) is 0 Å². The highest BCUT2D eigenvalue weighted by Gasteiger charge is 2.05. The van der Waals surface area contributed by atoms with Crippen LogP contribution in [-0.4, -0.2) is 11.3 Å². The van der Waals surface area contributed by atoms with E-state index in [2.05, 4.69) is 4.98 Å². The lowest BCUT2D eigenvalue weighted by atomic mass is 10.2. The van der Waals surface area contributed by atoms with E-state index < -0.39 is 0 Å². The van der Waals surface area contributed by atoms with Crippen molar-refractivity contribution in [3.63, 3.8) is 0 Å². The molecule has 0 aliphatic heterocycles. The number of ether oxygens (including phenoxy) is 1. The quantitative estimate of drug-likeness (QED) is 0.790. The molecule has 0 unspecified atom stereocenters. The molecule has 0 saturated carbocycles. The van der Waals surface area contributed by atoms with E-state index in [-0.39, 0.29) is 0 Å². The van der Waals surface area contributed by atoms with E-state index in [1.165, 1.54) is 18.5 Å². The van der Waals surface area contributed by atoms with E-state index in [4.69, 9.17) is 27.9 Å². The number of hydrogen-bond acceptors (Lipinski definition) is 3. The van der Waals surface area contributed by atoms with Gasteiger partial charge in [-0.05, 0) is 18.2 Å². The van der Waals surface area contributed by atoms with Crippen LogP contribution in [0.1, 0.15) is 10.4 Å². The molecular formula is C12H7Cl2NO2. The minimum atomic E-state index is 0.356. The van der Waals surface area contributed by atoms with Crippen molar-refractivity contribution in [1.29, 1.82) is 0 Å². The van der Waals surface area contributed by atoms with Gasteiger partial charge in [-0.25, -0.2) is 0 Å². The first-order valence-corrected chi connectivity index (χ1v) is 5.48. The molecule has 3 nitrogen and oxygen atoms in total. The Kier molecular flexibility index (Phi) is 3.61. The SMILES string of the molecule is O=Cc1ccc(Oc2cncc(Cl)c2)c(Cl)c1. The third kappa shape index (κ3) is 2.96. The summed E-state index contributed by atoms with van der Waals surface area (Å²) in [5.74, 6) is 0.930. The van der Waals surface area contributed by atoms with Crippen molar-refractivity contribution in [2.75, 3.05) is 0 Å². The van der Waals surface area contributed by atoms with Crippen molar-refractivity contribution in [3.8, 4) is 11.5 Å². The van der Waals surface area contributed by atoms with Crippen LogP contribution in [-0.2, 0) is 0 Å². The van der Waals surface area contributed by atoms with E-state index in [1.807, 2.05) is 0 Å². The van der Waals surface area contributed by atoms with E-state index >= 15 is 0 Å². The summed E-state index contributed by atoms with van der Waals surface area (Å²) >= 11 is 11.7. The van der Waals surface area contributed by atoms with Crippen molar-refractivity contribution < 1.29 is 9.53 Å². The average Bonchev–Trinajstić information content (AvgIpc) is 2.32. The lowest BCUT2D eigenvalue weighted by Crippen LogP contribution is -1.88. The maximum atomic E-state index is 10.5. The van der Waals surface area contributed by atoms with Gasteiger partial charge in [0, 0.05) is 17.8 Å². The molecule has 0 radical (unpaired) electrons. The topological polar surface area (TPSA) is 39.2 Å². The van der Waals surface area contributed by atoms with Crippen molar-refractivity contribution >= 4 is 29.5 Å². The van der Waals surface area contributed by atoms with E-state index in [0.29, 0.717) is 27.1 Å². The molecule has 1 aromatic carbocycles. The Bertz CT molecular complexity index is 558. The lowest BCUT2D eigenvalue weighted by Gasteiger charge is -2.07. The van der Waals surface area contributed by atoms with Gasteiger partial charge in [-0.1, -0.05) is 23.2 Å². The summed E-state index contributed by atoms with van der Waals surface area (Å²) in [7, 11) is 0. The molecule has 1 heterocycles. The van der Waals surface area contributed by atoms with Gasteiger partial charge in [0.15, 0.2) is 0 Å². The Morgan fingerprint density at radius 3 is 2.65 bits per heavy atom. The van der Waals surface area contributed by atoms with Crippen molar-refractivity contribution in [1.82, 2.24) is 4.98 Å². The molecule has 86 valence electrons. The van der Waals surface area contributed by atoms with Gasteiger partial charge in [-0.3, -0.25) is 9.78 Å². The molecule has 0 amide bonds. The molecule has 0 aliphatic carbocycles. The fourth-order valence-electron chi connectivity index (χ4n) is 1.25. The Morgan fingerprint density at radius 1 is 1.18 bits per heavy atom. The Labute approximate surface area is 108 Å². The number of carbonyl (C=O) groups is 1. The molecule has 0 spiro atoms. The zero-order valence-corrected chi connectivity index (χ0v) is 10.1. The number of carbonyl (C=O) groups excluding carboxylic acids is 1. The number of halogens is 2. The molecule has 0 bridgehead atoms. The van der Waals surface area contributed by atoms with Gasteiger partial charge in [0.1, 0.15) is 17.8 Å². The van der Waals surface area contributed by atoms with Gasteiger partial charge in [0.25, 0.3) is 0 Å². The average molecular weight is 268 g/mol. The number of aromatic nitrogens is 1. The number of pyridine rings is 1. The minimum absolute atomic E-state index is 0.356. The molecule has 0 fully saturated rings. The third-order valence-corrected chi connectivity index (χ3v) is 2.50. The zero-order chi connectivity index (χ0) is 12.3. The molecule has 1 aromatic heterocycles. The normalized spacial score (nSPS) is 10.0. The van der Waals surface area contributed by atoms with E-state index in [0.717, 1.165) is 6.29 Å². The number of hydrogen-bond donors (Lipinski definition) is 0. The molecule has 0 N–H and O–H groups in total. The molecule has 2 aromatic rings. The molecule has 17 heavy (non-hydrogen) atoms. The van der Waals surface area contributed by atoms with Crippen LogP contribution in [0, 0.1) is 0 Å². The molecule has 0 aliphatic rings. The Hall–Kier alpha value is -1.58. The summed E-state index contributed by atoms with van der Waals surface area (Å²) in [5.41, 5.74) is 0.492. The van der Waals surface area contributed by atoms with Crippen LogP contribution in [0.3, 0.4) is 0 Å². The van der Waals surface area contributed by atoms with Crippen LogP contribution >= 0.6 is 23.2 Å². The summed E-state index contributed by atoms with van der Waals surface area (Å²) < 4.78 is 5.49. The smallest absolute Gasteiger partial charge is 0.150 e. The van der Waals surface area contributed by atoms with Crippen LogP contribution < -0.4 is 4.74 Å². The second-order valence-corrected chi connectivity index (χ2v) is 4.09. The van der Waals surface area contributed by atoms with Gasteiger partial charge in [-0.2, -0.15) is 0 Å². The Morgan fingerprint density at radius 2 is 2.00 bits per heavy atom. The molecule has 5 heteroatoms. The van der Waals surface area contributed by atoms with Crippen LogP contribution in [0.5, 0.6) is 11.5 Å². The number of benzene rings is 1. The maximum absolute atomic E-state index is 10.5. The number of nitrogens with zero attached hydrogens (tertiary/aromatic N) is 1. The molecule has 0 saturated heterocycles. The van der Waals surface area contributed by atoms with Crippen LogP contribution in [0.4, 0.5) is 0 Å². The van der Waals surface area contributed by atoms with E-state index in [9.17, 15) is 4.79 Å². The maximum Gasteiger partial charge on any atom is 0.150 e. The zero-order valence-electron chi connectivity index (χ0n) is 8.56. The largest absolute Gasteiger partial charge is 0.454 e. The Balaban J connectivity index is 2.27. The van der Waals surface area contributed by atoms with Gasteiger partial charge in [-0.15, -0.1) is 0 Å².